The van der Waals surface area contributed by atoms with E-state index in [-0.39, 0.29) is 0 Å². The van der Waals surface area contributed by atoms with Crippen molar-refractivity contribution in [1.29, 1.82) is 0 Å². The van der Waals surface area contributed by atoms with Gasteiger partial charge >= 0.3 is 0 Å². The minimum absolute atomic E-state index is 0.441. The third kappa shape index (κ3) is 6.75. The lowest BCUT2D eigenvalue weighted by molar-refractivity contribution is 0.0945. The van der Waals surface area contributed by atoms with Gasteiger partial charge < -0.3 is 19.5 Å². The smallest absolute Gasteiger partial charge is 0.0802 e. The summed E-state index contributed by atoms with van der Waals surface area (Å²) >= 11 is 0. The van der Waals surface area contributed by atoms with Crippen molar-refractivity contribution >= 4 is 5.69 Å². The molecular formula is C17H30N2O3. The van der Waals surface area contributed by atoms with Crippen LogP contribution in [0, 0.1) is 0 Å². The number of rotatable bonds is 11. The largest absolute Gasteiger partial charge is 0.388 e. The molecule has 1 unspecified atom stereocenters. The van der Waals surface area contributed by atoms with Crippen molar-refractivity contribution < 1.29 is 14.6 Å². The minimum Gasteiger partial charge on any atom is -0.388 e. The van der Waals surface area contributed by atoms with E-state index in [1.807, 2.05) is 43.3 Å². The predicted octanol–water partition coefficient (Wildman–Crippen LogP) is 1.77. The van der Waals surface area contributed by atoms with Gasteiger partial charge in [0, 0.05) is 53.6 Å². The van der Waals surface area contributed by atoms with Gasteiger partial charge in [-0.25, -0.2) is 0 Å². The highest BCUT2D eigenvalue weighted by molar-refractivity contribution is 5.46. The van der Waals surface area contributed by atoms with Gasteiger partial charge in [-0.15, -0.1) is 0 Å². The van der Waals surface area contributed by atoms with Crippen LogP contribution in [-0.4, -0.2) is 71.2 Å². The van der Waals surface area contributed by atoms with E-state index in [0.29, 0.717) is 19.6 Å². The summed E-state index contributed by atoms with van der Waals surface area (Å²) in [6.45, 7) is 3.91. The van der Waals surface area contributed by atoms with E-state index in [1.165, 1.54) is 0 Å². The van der Waals surface area contributed by atoms with Gasteiger partial charge in [0.25, 0.3) is 0 Å². The Balaban J connectivity index is 2.48. The number of ether oxygens (including phenoxy) is 2. The molecule has 0 radical (unpaired) electrons. The van der Waals surface area contributed by atoms with Crippen LogP contribution in [0.2, 0.25) is 0 Å². The SMILES string of the molecule is COCCN(CCOC)CCC(O)c1ccc(N(C)C)cc1. The summed E-state index contributed by atoms with van der Waals surface area (Å²) in [5.41, 5.74) is 2.10. The van der Waals surface area contributed by atoms with E-state index in [4.69, 9.17) is 9.47 Å². The third-order valence-corrected chi connectivity index (χ3v) is 3.74. The standard InChI is InChI=1S/C17H30N2O3/c1-18(2)16-7-5-15(6-8-16)17(20)9-10-19(11-13-21-3)12-14-22-4/h5-8,17,20H,9-14H2,1-4H3. The second-order valence-electron chi connectivity index (χ2n) is 5.62. The van der Waals surface area contributed by atoms with E-state index in [9.17, 15) is 5.11 Å². The van der Waals surface area contributed by atoms with Crippen molar-refractivity contribution in [2.24, 2.45) is 0 Å². The van der Waals surface area contributed by atoms with Gasteiger partial charge in [-0.05, 0) is 24.1 Å². The van der Waals surface area contributed by atoms with Gasteiger partial charge in [0.05, 0.1) is 19.3 Å². The Kier molecular flexibility index (Phi) is 9.08. The Labute approximate surface area is 134 Å². The molecule has 0 amide bonds. The molecule has 0 spiro atoms. The zero-order valence-corrected chi connectivity index (χ0v) is 14.3. The summed E-state index contributed by atoms with van der Waals surface area (Å²) in [5.74, 6) is 0. The normalized spacial score (nSPS) is 12.6. The van der Waals surface area contributed by atoms with Crippen molar-refractivity contribution in [2.45, 2.75) is 12.5 Å². The summed E-state index contributed by atoms with van der Waals surface area (Å²) in [5, 5.41) is 10.3. The molecule has 0 saturated carbocycles. The summed E-state index contributed by atoms with van der Waals surface area (Å²) < 4.78 is 10.3. The highest BCUT2D eigenvalue weighted by Crippen LogP contribution is 2.20. The van der Waals surface area contributed by atoms with Crippen molar-refractivity contribution in [3.05, 3.63) is 29.8 Å². The number of benzene rings is 1. The molecule has 126 valence electrons. The summed E-state index contributed by atoms with van der Waals surface area (Å²) in [4.78, 5) is 4.30. The van der Waals surface area contributed by atoms with Crippen LogP contribution in [-0.2, 0) is 9.47 Å². The quantitative estimate of drug-likeness (QED) is 0.675. The van der Waals surface area contributed by atoms with E-state index >= 15 is 0 Å². The highest BCUT2D eigenvalue weighted by atomic mass is 16.5. The van der Waals surface area contributed by atoms with Crippen LogP contribution in [0.5, 0.6) is 0 Å². The van der Waals surface area contributed by atoms with E-state index in [2.05, 4.69) is 4.90 Å². The molecule has 1 aromatic carbocycles. The van der Waals surface area contributed by atoms with E-state index in [0.717, 1.165) is 30.9 Å². The zero-order valence-electron chi connectivity index (χ0n) is 14.3. The average molecular weight is 310 g/mol. The first-order chi connectivity index (χ1) is 10.6. The molecule has 0 bridgehead atoms. The van der Waals surface area contributed by atoms with Crippen molar-refractivity contribution in [3.63, 3.8) is 0 Å². The maximum absolute atomic E-state index is 10.3. The van der Waals surface area contributed by atoms with Crippen molar-refractivity contribution in [2.75, 3.05) is 66.1 Å². The summed E-state index contributed by atoms with van der Waals surface area (Å²) in [6, 6.07) is 8.06. The van der Waals surface area contributed by atoms with Gasteiger partial charge in [0.1, 0.15) is 0 Å². The molecule has 0 heterocycles. The summed E-state index contributed by atoms with van der Waals surface area (Å²) in [7, 11) is 7.43. The molecule has 5 heteroatoms. The molecule has 1 N–H and O–H groups in total. The first-order valence-electron chi connectivity index (χ1n) is 7.74. The Hall–Kier alpha value is -1.14. The molecule has 22 heavy (non-hydrogen) atoms. The Morgan fingerprint density at radius 2 is 1.50 bits per heavy atom. The van der Waals surface area contributed by atoms with Gasteiger partial charge in [0.2, 0.25) is 0 Å². The van der Waals surface area contributed by atoms with Gasteiger partial charge in [-0.1, -0.05) is 12.1 Å². The van der Waals surface area contributed by atoms with Crippen LogP contribution in [0.3, 0.4) is 0 Å². The number of anilines is 1. The molecule has 0 aromatic heterocycles. The number of methoxy groups -OCH3 is 2. The molecule has 5 nitrogen and oxygen atoms in total. The minimum atomic E-state index is -0.441. The fourth-order valence-corrected chi connectivity index (χ4v) is 2.24. The van der Waals surface area contributed by atoms with Crippen LogP contribution >= 0.6 is 0 Å². The molecule has 0 aliphatic rings. The molecule has 0 aliphatic carbocycles. The maximum atomic E-state index is 10.3. The highest BCUT2D eigenvalue weighted by Gasteiger charge is 2.11. The molecule has 1 aromatic rings. The number of hydrogen-bond acceptors (Lipinski definition) is 5. The molecule has 1 rings (SSSR count). The Morgan fingerprint density at radius 1 is 0.955 bits per heavy atom. The average Bonchev–Trinajstić information content (AvgIpc) is 2.54. The number of nitrogens with zero attached hydrogens (tertiary/aromatic N) is 2. The lowest BCUT2D eigenvalue weighted by Gasteiger charge is -2.23. The fourth-order valence-electron chi connectivity index (χ4n) is 2.24. The van der Waals surface area contributed by atoms with E-state index < -0.39 is 6.10 Å². The first-order valence-corrected chi connectivity index (χ1v) is 7.74. The molecule has 0 aliphatic heterocycles. The van der Waals surface area contributed by atoms with Gasteiger partial charge in [-0.3, -0.25) is 4.90 Å². The second kappa shape index (κ2) is 10.6. The van der Waals surface area contributed by atoms with Crippen molar-refractivity contribution in [3.8, 4) is 0 Å². The van der Waals surface area contributed by atoms with Crippen LogP contribution in [0.1, 0.15) is 18.1 Å². The maximum Gasteiger partial charge on any atom is 0.0802 e. The van der Waals surface area contributed by atoms with E-state index in [1.54, 1.807) is 14.2 Å². The number of aliphatic hydroxyl groups excluding tert-OH is 1. The zero-order chi connectivity index (χ0) is 16.4. The van der Waals surface area contributed by atoms with Crippen LogP contribution in [0.4, 0.5) is 5.69 Å². The monoisotopic (exact) mass is 310 g/mol. The Bertz CT molecular complexity index is 387. The lowest BCUT2D eigenvalue weighted by Crippen LogP contribution is -2.32. The van der Waals surface area contributed by atoms with Crippen molar-refractivity contribution in [1.82, 2.24) is 4.90 Å². The second-order valence-corrected chi connectivity index (χ2v) is 5.62. The summed E-state index contributed by atoms with van der Waals surface area (Å²) in [6.07, 6.45) is 0.262. The molecular weight excluding hydrogens is 280 g/mol. The number of aliphatic hydroxyl groups is 1. The first kappa shape index (κ1) is 18.9. The fraction of sp³-hybridized carbons (Fsp3) is 0.647. The Morgan fingerprint density at radius 3 is 1.95 bits per heavy atom. The topological polar surface area (TPSA) is 45.2 Å². The van der Waals surface area contributed by atoms with Gasteiger partial charge in [0.15, 0.2) is 0 Å². The van der Waals surface area contributed by atoms with Crippen LogP contribution in [0.25, 0.3) is 0 Å². The predicted molar refractivity (Wildman–Crippen MR) is 90.5 cm³/mol. The molecule has 0 fully saturated rings. The molecule has 1 atom stereocenters. The van der Waals surface area contributed by atoms with Gasteiger partial charge in [-0.2, -0.15) is 0 Å². The molecule has 0 saturated heterocycles. The van der Waals surface area contributed by atoms with Crippen LogP contribution in [0.15, 0.2) is 24.3 Å². The lowest BCUT2D eigenvalue weighted by atomic mass is 10.1. The third-order valence-electron chi connectivity index (χ3n) is 3.74. The number of hydrogen-bond donors (Lipinski definition) is 1. The van der Waals surface area contributed by atoms with Crippen LogP contribution < -0.4 is 4.90 Å².